The van der Waals surface area contributed by atoms with Gasteiger partial charge in [-0.15, -0.1) is 11.8 Å². The average Bonchev–Trinajstić information content (AvgIpc) is 2.28. The summed E-state index contributed by atoms with van der Waals surface area (Å²) in [5.41, 5.74) is 2.42. The molecule has 0 aromatic heterocycles. The van der Waals surface area contributed by atoms with Gasteiger partial charge in [0.1, 0.15) is 0 Å². The van der Waals surface area contributed by atoms with Crippen LogP contribution in [0.3, 0.4) is 0 Å². The molecule has 1 aliphatic rings. The lowest BCUT2D eigenvalue weighted by Crippen LogP contribution is -2.10. The van der Waals surface area contributed by atoms with Gasteiger partial charge in [0.05, 0.1) is 0 Å². The smallest absolute Gasteiger partial charge is 0.303 e. The van der Waals surface area contributed by atoms with Crippen molar-refractivity contribution in [2.45, 2.75) is 24.2 Å². The molecule has 0 amide bonds. The van der Waals surface area contributed by atoms with Crippen molar-refractivity contribution in [3.8, 4) is 0 Å². The minimum Gasteiger partial charge on any atom is -0.481 e. The van der Waals surface area contributed by atoms with Crippen molar-refractivity contribution >= 4 is 23.4 Å². The van der Waals surface area contributed by atoms with Crippen LogP contribution in [0.5, 0.6) is 0 Å². The number of benzene rings is 1. The standard InChI is InChI=1S/C12H15NO2S/c14-12(15)3-1-2-9-4-5-11-10(8-9)13-6-7-16-11/h4-5,8,13H,1-3,6-7H2,(H,14,15). The van der Waals surface area contributed by atoms with Gasteiger partial charge in [-0.1, -0.05) is 6.07 Å². The molecule has 1 aromatic carbocycles. The molecule has 1 aliphatic heterocycles. The molecule has 0 unspecified atom stereocenters. The molecule has 3 nitrogen and oxygen atoms in total. The van der Waals surface area contributed by atoms with Gasteiger partial charge in [0.25, 0.3) is 0 Å². The SMILES string of the molecule is O=C(O)CCCc1ccc2c(c1)NCCS2. The van der Waals surface area contributed by atoms with E-state index in [1.54, 1.807) is 0 Å². The number of anilines is 1. The maximum absolute atomic E-state index is 10.4. The van der Waals surface area contributed by atoms with Crippen molar-refractivity contribution in [1.82, 2.24) is 0 Å². The fourth-order valence-corrected chi connectivity index (χ4v) is 2.66. The van der Waals surface area contributed by atoms with Crippen molar-refractivity contribution in [1.29, 1.82) is 0 Å². The van der Waals surface area contributed by atoms with Crippen LogP contribution in [0.2, 0.25) is 0 Å². The Kier molecular flexibility index (Phi) is 3.72. The third kappa shape index (κ3) is 2.92. The minimum atomic E-state index is -0.716. The Balaban J connectivity index is 1.97. The van der Waals surface area contributed by atoms with Crippen LogP contribution in [0.4, 0.5) is 5.69 Å². The zero-order chi connectivity index (χ0) is 11.4. The van der Waals surface area contributed by atoms with E-state index < -0.39 is 5.97 Å². The van der Waals surface area contributed by atoms with E-state index in [4.69, 9.17) is 5.11 Å². The number of fused-ring (bicyclic) bond motifs is 1. The summed E-state index contributed by atoms with van der Waals surface area (Å²) in [5, 5.41) is 11.9. The van der Waals surface area contributed by atoms with Crippen LogP contribution in [-0.4, -0.2) is 23.4 Å². The van der Waals surface area contributed by atoms with Gasteiger partial charge >= 0.3 is 5.97 Å². The Morgan fingerprint density at radius 3 is 3.19 bits per heavy atom. The fourth-order valence-electron chi connectivity index (χ4n) is 1.79. The lowest BCUT2D eigenvalue weighted by atomic mass is 10.1. The number of nitrogens with one attached hydrogen (secondary N) is 1. The van der Waals surface area contributed by atoms with E-state index in [9.17, 15) is 4.79 Å². The van der Waals surface area contributed by atoms with E-state index in [-0.39, 0.29) is 6.42 Å². The summed E-state index contributed by atoms with van der Waals surface area (Å²) in [6.07, 6.45) is 1.80. The Morgan fingerprint density at radius 1 is 1.50 bits per heavy atom. The molecular weight excluding hydrogens is 222 g/mol. The predicted molar refractivity (Wildman–Crippen MR) is 66.2 cm³/mol. The van der Waals surface area contributed by atoms with Gasteiger partial charge in [-0.25, -0.2) is 0 Å². The molecule has 1 heterocycles. The molecule has 0 atom stereocenters. The lowest BCUT2D eigenvalue weighted by Gasteiger charge is -2.18. The number of hydrogen-bond acceptors (Lipinski definition) is 3. The van der Waals surface area contributed by atoms with E-state index in [1.807, 2.05) is 11.8 Å². The quantitative estimate of drug-likeness (QED) is 0.845. The van der Waals surface area contributed by atoms with E-state index >= 15 is 0 Å². The highest BCUT2D eigenvalue weighted by atomic mass is 32.2. The van der Waals surface area contributed by atoms with E-state index in [2.05, 4.69) is 23.5 Å². The fraction of sp³-hybridized carbons (Fsp3) is 0.417. The number of aryl methyl sites for hydroxylation is 1. The zero-order valence-electron chi connectivity index (χ0n) is 9.03. The maximum atomic E-state index is 10.4. The summed E-state index contributed by atoms with van der Waals surface area (Å²) in [6, 6.07) is 6.37. The van der Waals surface area contributed by atoms with Crippen LogP contribution >= 0.6 is 11.8 Å². The Labute approximate surface area is 99.2 Å². The third-order valence-corrected chi connectivity index (χ3v) is 3.65. The van der Waals surface area contributed by atoms with Gasteiger partial charge in [-0.2, -0.15) is 0 Å². The van der Waals surface area contributed by atoms with Crippen molar-refractivity contribution in [3.63, 3.8) is 0 Å². The van der Waals surface area contributed by atoms with Crippen LogP contribution in [-0.2, 0) is 11.2 Å². The molecule has 2 rings (SSSR count). The van der Waals surface area contributed by atoms with E-state index in [0.717, 1.165) is 18.7 Å². The lowest BCUT2D eigenvalue weighted by molar-refractivity contribution is -0.137. The molecule has 0 bridgehead atoms. The predicted octanol–water partition coefficient (Wildman–Crippen LogP) is 2.61. The largest absolute Gasteiger partial charge is 0.481 e. The van der Waals surface area contributed by atoms with Gasteiger partial charge in [-0.3, -0.25) is 4.79 Å². The second kappa shape index (κ2) is 5.25. The highest BCUT2D eigenvalue weighted by molar-refractivity contribution is 7.99. The first-order valence-electron chi connectivity index (χ1n) is 5.47. The number of carboxylic acid groups (broad SMARTS) is 1. The van der Waals surface area contributed by atoms with Crippen LogP contribution in [0.25, 0.3) is 0 Å². The molecule has 0 saturated carbocycles. The van der Waals surface area contributed by atoms with Gasteiger partial charge in [0.2, 0.25) is 0 Å². The van der Waals surface area contributed by atoms with Crippen LogP contribution in [0, 0.1) is 0 Å². The zero-order valence-corrected chi connectivity index (χ0v) is 9.85. The first-order chi connectivity index (χ1) is 7.75. The Bertz CT molecular complexity index is 393. The summed E-state index contributed by atoms with van der Waals surface area (Å²) >= 11 is 1.87. The second-order valence-electron chi connectivity index (χ2n) is 3.85. The van der Waals surface area contributed by atoms with Gasteiger partial charge in [0, 0.05) is 29.3 Å². The number of carbonyl (C=O) groups is 1. The molecule has 2 N–H and O–H groups in total. The highest BCUT2D eigenvalue weighted by Crippen LogP contribution is 2.31. The van der Waals surface area contributed by atoms with Crippen LogP contribution < -0.4 is 5.32 Å². The van der Waals surface area contributed by atoms with E-state index in [1.165, 1.54) is 16.1 Å². The molecule has 16 heavy (non-hydrogen) atoms. The number of carboxylic acids is 1. The first-order valence-corrected chi connectivity index (χ1v) is 6.45. The molecule has 0 aliphatic carbocycles. The van der Waals surface area contributed by atoms with Gasteiger partial charge in [0.15, 0.2) is 0 Å². The van der Waals surface area contributed by atoms with Crippen LogP contribution in [0.1, 0.15) is 18.4 Å². The van der Waals surface area contributed by atoms with E-state index in [0.29, 0.717) is 6.42 Å². The molecule has 4 heteroatoms. The summed E-state index contributed by atoms with van der Waals surface area (Å²) in [6.45, 7) is 1.01. The number of rotatable bonds is 4. The Hall–Kier alpha value is -1.16. The van der Waals surface area contributed by atoms with Crippen molar-refractivity contribution < 1.29 is 9.90 Å². The number of hydrogen-bond donors (Lipinski definition) is 2. The van der Waals surface area contributed by atoms with Gasteiger partial charge in [-0.05, 0) is 30.5 Å². The molecule has 0 spiro atoms. The minimum absolute atomic E-state index is 0.249. The summed E-state index contributed by atoms with van der Waals surface area (Å²) in [4.78, 5) is 11.7. The average molecular weight is 237 g/mol. The number of aliphatic carboxylic acids is 1. The van der Waals surface area contributed by atoms with Crippen molar-refractivity contribution in [2.24, 2.45) is 0 Å². The molecule has 86 valence electrons. The monoisotopic (exact) mass is 237 g/mol. The second-order valence-corrected chi connectivity index (χ2v) is 4.99. The molecule has 1 aromatic rings. The Morgan fingerprint density at radius 2 is 2.38 bits per heavy atom. The summed E-state index contributed by atoms with van der Waals surface area (Å²) in [7, 11) is 0. The summed E-state index contributed by atoms with van der Waals surface area (Å²) in [5.74, 6) is 0.400. The highest BCUT2D eigenvalue weighted by Gasteiger charge is 2.09. The molecule has 0 fully saturated rings. The topological polar surface area (TPSA) is 49.3 Å². The maximum Gasteiger partial charge on any atom is 0.303 e. The van der Waals surface area contributed by atoms with Crippen molar-refractivity contribution in [2.75, 3.05) is 17.6 Å². The first kappa shape index (κ1) is 11.3. The normalized spacial score (nSPS) is 14.0. The van der Waals surface area contributed by atoms with Gasteiger partial charge < -0.3 is 10.4 Å². The molecule has 0 saturated heterocycles. The van der Waals surface area contributed by atoms with Crippen LogP contribution in [0.15, 0.2) is 23.1 Å². The molecule has 0 radical (unpaired) electrons. The summed E-state index contributed by atoms with van der Waals surface area (Å²) < 4.78 is 0. The molecular formula is C12H15NO2S. The third-order valence-electron chi connectivity index (χ3n) is 2.58. The van der Waals surface area contributed by atoms with Crippen molar-refractivity contribution in [3.05, 3.63) is 23.8 Å². The number of thioether (sulfide) groups is 1.